The highest BCUT2D eigenvalue weighted by Crippen LogP contribution is 2.49. The largest absolute Gasteiger partial charge is 0.208 e. The Morgan fingerprint density at radius 1 is 0.261 bits per heavy atom. The molecule has 0 aliphatic heterocycles. The van der Waals surface area contributed by atoms with Crippen molar-refractivity contribution in [1.82, 2.24) is 15.0 Å². The first-order chi connectivity index (χ1) is 22.8. The van der Waals surface area contributed by atoms with E-state index in [9.17, 15) is 0 Å². The maximum absolute atomic E-state index is 4.99. The van der Waals surface area contributed by atoms with E-state index in [2.05, 4.69) is 103 Å². The fourth-order valence-corrected chi connectivity index (χ4v) is 6.78. The monoisotopic (exact) mass is 585 g/mol. The van der Waals surface area contributed by atoms with Crippen molar-refractivity contribution >= 4 is 10.8 Å². The van der Waals surface area contributed by atoms with Gasteiger partial charge in [-0.05, 0) is 61.3 Å². The zero-order valence-corrected chi connectivity index (χ0v) is 24.9. The fraction of sp³-hybridized carbons (Fsp3) is 0. The van der Waals surface area contributed by atoms with Gasteiger partial charge in [-0.1, -0.05) is 158 Å². The van der Waals surface area contributed by atoms with Crippen LogP contribution in [0, 0.1) is 0 Å². The molecule has 3 nitrogen and oxygen atoms in total. The molecular weight excluding hydrogens is 558 g/mol. The lowest BCUT2D eigenvalue weighted by atomic mass is 9.89. The van der Waals surface area contributed by atoms with Crippen LogP contribution in [-0.2, 0) is 0 Å². The van der Waals surface area contributed by atoms with E-state index in [0.717, 1.165) is 22.3 Å². The Hall–Kier alpha value is -6.19. The Morgan fingerprint density at radius 3 is 1.24 bits per heavy atom. The average molecular weight is 586 g/mol. The molecule has 0 unspecified atom stereocenters. The summed E-state index contributed by atoms with van der Waals surface area (Å²) in [5, 5.41) is 2.50. The van der Waals surface area contributed by atoms with Crippen LogP contribution in [0.3, 0.4) is 0 Å². The molecular formula is C43H27N3. The molecule has 0 atom stereocenters. The zero-order chi connectivity index (χ0) is 30.5. The molecule has 0 amide bonds. The molecule has 3 heteroatoms. The van der Waals surface area contributed by atoms with Crippen LogP contribution in [0.5, 0.6) is 0 Å². The van der Waals surface area contributed by atoms with Gasteiger partial charge in [0.15, 0.2) is 17.5 Å². The van der Waals surface area contributed by atoms with E-state index in [0.29, 0.717) is 17.5 Å². The maximum atomic E-state index is 4.99. The first-order valence-corrected chi connectivity index (χ1v) is 15.5. The fourth-order valence-electron chi connectivity index (χ4n) is 6.78. The van der Waals surface area contributed by atoms with Crippen LogP contribution in [0.25, 0.3) is 89.4 Å². The summed E-state index contributed by atoms with van der Waals surface area (Å²) in [4.78, 5) is 14.9. The minimum Gasteiger partial charge on any atom is -0.208 e. The molecule has 0 saturated heterocycles. The third kappa shape index (κ3) is 4.33. The van der Waals surface area contributed by atoms with Crippen molar-refractivity contribution in [3.05, 3.63) is 164 Å². The Balaban J connectivity index is 1.24. The van der Waals surface area contributed by atoms with Crippen molar-refractivity contribution in [1.29, 1.82) is 0 Å². The Labute approximate surface area is 267 Å². The van der Waals surface area contributed by atoms with E-state index >= 15 is 0 Å². The lowest BCUT2D eigenvalue weighted by Gasteiger charge is -2.15. The predicted molar refractivity (Wildman–Crippen MR) is 189 cm³/mol. The van der Waals surface area contributed by atoms with E-state index in [1.165, 1.54) is 49.7 Å². The van der Waals surface area contributed by atoms with E-state index in [-0.39, 0.29) is 0 Å². The summed E-state index contributed by atoms with van der Waals surface area (Å²) in [6.45, 7) is 0. The number of aromatic nitrogens is 3. The van der Waals surface area contributed by atoms with Crippen molar-refractivity contribution < 1.29 is 0 Å². The van der Waals surface area contributed by atoms with Crippen LogP contribution in [-0.4, -0.2) is 15.0 Å². The molecule has 0 radical (unpaired) electrons. The Kier molecular flexibility index (Phi) is 6.14. The minimum atomic E-state index is 0.650. The van der Waals surface area contributed by atoms with Crippen molar-refractivity contribution in [2.75, 3.05) is 0 Å². The molecule has 0 spiro atoms. The number of hydrogen-bond acceptors (Lipinski definition) is 3. The van der Waals surface area contributed by atoms with Gasteiger partial charge >= 0.3 is 0 Å². The van der Waals surface area contributed by atoms with Crippen LogP contribution >= 0.6 is 0 Å². The van der Waals surface area contributed by atoms with Crippen LogP contribution in [0.2, 0.25) is 0 Å². The summed E-state index contributed by atoms with van der Waals surface area (Å²) in [5.74, 6) is 1.96. The Morgan fingerprint density at radius 2 is 0.652 bits per heavy atom. The average Bonchev–Trinajstić information content (AvgIpc) is 3.26. The number of benzene rings is 7. The normalized spacial score (nSPS) is 11.5. The summed E-state index contributed by atoms with van der Waals surface area (Å²) in [6.07, 6.45) is 0. The van der Waals surface area contributed by atoms with E-state index in [4.69, 9.17) is 15.0 Å². The van der Waals surface area contributed by atoms with Gasteiger partial charge in [-0.25, -0.2) is 15.0 Å². The highest BCUT2D eigenvalue weighted by Gasteiger charge is 2.22. The molecule has 46 heavy (non-hydrogen) atoms. The van der Waals surface area contributed by atoms with Crippen LogP contribution in [0.4, 0.5) is 0 Å². The topological polar surface area (TPSA) is 38.7 Å². The summed E-state index contributed by atoms with van der Waals surface area (Å²) < 4.78 is 0. The van der Waals surface area contributed by atoms with Crippen LogP contribution < -0.4 is 0 Å². The molecule has 1 aromatic heterocycles. The van der Waals surface area contributed by atoms with Gasteiger partial charge in [0.05, 0.1) is 0 Å². The standard InChI is InChI=1S/C43H27N3/c1-3-13-28(14-4-1)41-44-42(29-15-5-2-6-16-29)46-43(45-41)31-18-11-17-30(27-31)32-25-26-39-36-22-10-8-20-34(36)33-19-7-9-21-35(33)38-24-12-23-37(32)40(38)39/h1-27H. The van der Waals surface area contributed by atoms with Crippen LogP contribution in [0.15, 0.2) is 164 Å². The van der Waals surface area contributed by atoms with Gasteiger partial charge in [0.25, 0.3) is 0 Å². The molecule has 8 aromatic rings. The van der Waals surface area contributed by atoms with Gasteiger partial charge in [0.2, 0.25) is 0 Å². The molecule has 1 heterocycles. The molecule has 1 aliphatic rings. The van der Waals surface area contributed by atoms with Crippen molar-refractivity contribution in [2.45, 2.75) is 0 Å². The summed E-state index contributed by atoms with van der Waals surface area (Å²) in [7, 11) is 0. The van der Waals surface area contributed by atoms with Crippen LogP contribution in [0.1, 0.15) is 0 Å². The van der Waals surface area contributed by atoms with E-state index in [1.807, 2.05) is 60.7 Å². The van der Waals surface area contributed by atoms with Gasteiger partial charge in [0.1, 0.15) is 0 Å². The first kappa shape index (κ1) is 26.2. The maximum Gasteiger partial charge on any atom is 0.164 e. The van der Waals surface area contributed by atoms with E-state index < -0.39 is 0 Å². The minimum absolute atomic E-state index is 0.650. The lowest BCUT2D eigenvalue weighted by Crippen LogP contribution is -2.00. The summed E-state index contributed by atoms with van der Waals surface area (Å²) in [5.41, 5.74) is 12.7. The zero-order valence-electron chi connectivity index (χ0n) is 24.9. The molecule has 0 saturated carbocycles. The Bertz CT molecular complexity index is 2300. The molecule has 214 valence electrons. The third-order valence-corrected chi connectivity index (χ3v) is 8.90. The molecule has 9 rings (SSSR count). The third-order valence-electron chi connectivity index (χ3n) is 8.90. The van der Waals surface area contributed by atoms with Crippen molar-refractivity contribution in [3.63, 3.8) is 0 Å². The molecule has 1 aliphatic carbocycles. The first-order valence-electron chi connectivity index (χ1n) is 15.5. The second kappa shape index (κ2) is 10.8. The van der Waals surface area contributed by atoms with Gasteiger partial charge in [0, 0.05) is 16.7 Å². The second-order valence-corrected chi connectivity index (χ2v) is 11.6. The second-order valence-electron chi connectivity index (χ2n) is 11.6. The summed E-state index contributed by atoms with van der Waals surface area (Å²) >= 11 is 0. The highest BCUT2D eigenvalue weighted by atomic mass is 15.0. The smallest absolute Gasteiger partial charge is 0.164 e. The number of fused-ring (bicyclic) bond motifs is 5. The molecule has 7 aromatic carbocycles. The quantitative estimate of drug-likeness (QED) is 0.206. The number of rotatable bonds is 4. The molecule has 0 bridgehead atoms. The highest BCUT2D eigenvalue weighted by molar-refractivity contribution is 6.16. The van der Waals surface area contributed by atoms with Crippen molar-refractivity contribution in [2.24, 2.45) is 0 Å². The predicted octanol–water partition coefficient (Wildman–Crippen LogP) is 11.0. The number of nitrogens with zero attached hydrogens (tertiary/aromatic N) is 3. The van der Waals surface area contributed by atoms with Gasteiger partial charge in [-0.15, -0.1) is 0 Å². The van der Waals surface area contributed by atoms with Crippen molar-refractivity contribution in [3.8, 4) is 78.7 Å². The SMILES string of the molecule is c1ccc(-c2nc(-c3ccccc3)nc(-c3cccc(-c4ccc5c6c(cccc46)-c4ccccc4-c4ccccc4-5)c3)n2)cc1. The van der Waals surface area contributed by atoms with Gasteiger partial charge in [-0.2, -0.15) is 0 Å². The number of hydrogen-bond donors (Lipinski definition) is 0. The molecule has 0 fully saturated rings. The summed E-state index contributed by atoms with van der Waals surface area (Å²) in [6, 6.07) is 57.6. The molecule has 0 N–H and O–H groups in total. The van der Waals surface area contributed by atoms with E-state index in [1.54, 1.807) is 0 Å². The van der Waals surface area contributed by atoms with Gasteiger partial charge in [-0.3, -0.25) is 0 Å². The lowest BCUT2D eigenvalue weighted by molar-refractivity contribution is 1.07. The van der Waals surface area contributed by atoms with Gasteiger partial charge < -0.3 is 0 Å².